The molecular weight excluding hydrogens is 448 g/mol. The number of nitrogens with one attached hydrogen (secondary N) is 1. The summed E-state index contributed by atoms with van der Waals surface area (Å²) in [5, 5.41) is 4.91. The SMILES string of the molecule is Cc1cc(C)c(/C=N\NC(=O)c2cc3cc(Br)cc(Br)c3o2)c(C)c1. The quantitative estimate of drug-likeness (QED) is 0.403. The number of halogens is 2. The number of carbonyl (C=O) groups excluding carboxylic acids is 1. The largest absolute Gasteiger partial charge is 0.450 e. The number of amides is 1. The summed E-state index contributed by atoms with van der Waals surface area (Å²) in [4.78, 5) is 12.3. The van der Waals surface area contributed by atoms with Gasteiger partial charge in [0, 0.05) is 15.4 Å². The van der Waals surface area contributed by atoms with Crippen LogP contribution in [0.2, 0.25) is 0 Å². The van der Waals surface area contributed by atoms with E-state index >= 15 is 0 Å². The number of fused-ring (bicyclic) bond motifs is 1. The van der Waals surface area contributed by atoms with Crippen molar-refractivity contribution in [1.82, 2.24) is 5.43 Å². The molecule has 0 unspecified atom stereocenters. The van der Waals surface area contributed by atoms with Gasteiger partial charge in [-0.25, -0.2) is 5.43 Å². The second kappa shape index (κ2) is 7.14. The molecule has 0 bridgehead atoms. The summed E-state index contributed by atoms with van der Waals surface area (Å²) >= 11 is 6.85. The second-order valence-corrected chi connectivity index (χ2v) is 7.70. The first kappa shape index (κ1) is 17.9. The van der Waals surface area contributed by atoms with Gasteiger partial charge in [0.2, 0.25) is 0 Å². The van der Waals surface area contributed by atoms with Crippen molar-refractivity contribution in [2.24, 2.45) is 5.10 Å². The summed E-state index contributed by atoms with van der Waals surface area (Å²) in [5.74, 6) is -0.179. The molecular formula is C19H16Br2N2O2. The molecule has 1 amide bonds. The molecule has 2 aromatic carbocycles. The number of hydrogen-bond donors (Lipinski definition) is 1. The maximum Gasteiger partial charge on any atom is 0.307 e. The van der Waals surface area contributed by atoms with Crippen molar-refractivity contribution in [3.8, 4) is 0 Å². The molecule has 1 N–H and O–H groups in total. The van der Waals surface area contributed by atoms with Crippen molar-refractivity contribution in [2.75, 3.05) is 0 Å². The number of hydrazone groups is 1. The monoisotopic (exact) mass is 462 g/mol. The molecule has 0 radical (unpaired) electrons. The van der Waals surface area contributed by atoms with Crippen molar-refractivity contribution in [3.63, 3.8) is 0 Å². The summed E-state index contributed by atoms with van der Waals surface area (Å²) in [6.07, 6.45) is 1.66. The minimum atomic E-state index is -0.391. The highest BCUT2D eigenvalue weighted by molar-refractivity contribution is 9.11. The van der Waals surface area contributed by atoms with Crippen molar-refractivity contribution >= 4 is 55.0 Å². The molecule has 0 saturated carbocycles. The van der Waals surface area contributed by atoms with Crippen LogP contribution in [0.3, 0.4) is 0 Å². The van der Waals surface area contributed by atoms with Gasteiger partial charge in [-0.1, -0.05) is 33.6 Å². The molecule has 25 heavy (non-hydrogen) atoms. The van der Waals surface area contributed by atoms with Crippen LogP contribution in [0.1, 0.15) is 32.8 Å². The van der Waals surface area contributed by atoms with E-state index < -0.39 is 5.91 Å². The molecule has 0 aliphatic heterocycles. The van der Waals surface area contributed by atoms with Crippen molar-refractivity contribution < 1.29 is 9.21 Å². The summed E-state index contributed by atoms with van der Waals surface area (Å²) in [5.41, 5.74) is 7.59. The smallest absolute Gasteiger partial charge is 0.307 e. The van der Waals surface area contributed by atoms with E-state index in [1.165, 1.54) is 5.56 Å². The van der Waals surface area contributed by atoms with Crippen LogP contribution >= 0.6 is 31.9 Å². The first-order chi connectivity index (χ1) is 11.8. The lowest BCUT2D eigenvalue weighted by atomic mass is 10.0. The first-order valence-corrected chi connectivity index (χ1v) is 9.23. The van der Waals surface area contributed by atoms with Crippen LogP contribution in [-0.2, 0) is 0 Å². The van der Waals surface area contributed by atoms with E-state index in [0.29, 0.717) is 5.58 Å². The van der Waals surface area contributed by atoms with Crippen LogP contribution in [-0.4, -0.2) is 12.1 Å². The molecule has 0 aliphatic rings. The summed E-state index contributed by atoms with van der Waals surface area (Å²) in [6.45, 7) is 6.11. The van der Waals surface area contributed by atoms with Crippen LogP contribution in [0, 0.1) is 20.8 Å². The zero-order valence-corrected chi connectivity index (χ0v) is 17.2. The molecule has 0 saturated heterocycles. The van der Waals surface area contributed by atoms with E-state index in [9.17, 15) is 4.79 Å². The molecule has 1 aromatic heterocycles. The van der Waals surface area contributed by atoms with Gasteiger partial charge in [0.15, 0.2) is 5.76 Å². The third-order valence-corrected chi connectivity index (χ3v) is 4.90. The summed E-state index contributed by atoms with van der Waals surface area (Å²) in [6, 6.07) is 9.63. The third-order valence-electron chi connectivity index (χ3n) is 3.86. The van der Waals surface area contributed by atoms with Gasteiger partial charge in [0.25, 0.3) is 0 Å². The van der Waals surface area contributed by atoms with Crippen molar-refractivity contribution in [3.05, 3.63) is 67.3 Å². The van der Waals surface area contributed by atoms with Gasteiger partial charge in [0.1, 0.15) is 5.58 Å². The predicted octanol–water partition coefficient (Wildman–Crippen LogP) is 5.65. The summed E-state index contributed by atoms with van der Waals surface area (Å²) < 4.78 is 7.32. The highest BCUT2D eigenvalue weighted by atomic mass is 79.9. The minimum Gasteiger partial charge on any atom is -0.450 e. The molecule has 4 nitrogen and oxygen atoms in total. The van der Waals surface area contributed by atoms with Crippen LogP contribution < -0.4 is 5.43 Å². The Morgan fingerprint density at radius 3 is 2.44 bits per heavy atom. The lowest BCUT2D eigenvalue weighted by Crippen LogP contribution is -2.17. The van der Waals surface area contributed by atoms with Crippen LogP contribution in [0.15, 0.2) is 48.8 Å². The Bertz CT molecular complexity index is 983. The van der Waals surface area contributed by atoms with Crippen LogP contribution in [0.5, 0.6) is 0 Å². The number of benzene rings is 2. The zero-order chi connectivity index (χ0) is 18.1. The van der Waals surface area contributed by atoms with Crippen molar-refractivity contribution in [1.29, 1.82) is 0 Å². The van der Waals surface area contributed by atoms with Gasteiger partial charge in [-0.05, 0) is 66.0 Å². The average molecular weight is 464 g/mol. The summed E-state index contributed by atoms with van der Waals surface area (Å²) in [7, 11) is 0. The molecule has 0 fully saturated rings. The standard InChI is InChI=1S/C19H16Br2N2O2/c1-10-4-11(2)15(12(3)5-10)9-22-23-19(24)17-7-13-6-14(20)8-16(21)18(13)25-17/h4-9H,1-3H3,(H,23,24)/b22-9-. The molecule has 1 heterocycles. The maximum absolute atomic E-state index is 12.3. The van der Waals surface area contributed by atoms with E-state index in [-0.39, 0.29) is 5.76 Å². The average Bonchev–Trinajstić information content (AvgIpc) is 2.94. The fourth-order valence-corrected chi connectivity index (χ4v) is 4.13. The number of hydrogen-bond acceptors (Lipinski definition) is 3. The normalized spacial score (nSPS) is 11.4. The molecule has 0 atom stereocenters. The van der Waals surface area contributed by atoms with Crippen LogP contribution in [0.4, 0.5) is 0 Å². The number of rotatable bonds is 3. The fourth-order valence-electron chi connectivity index (χ4n) is 2.79. The lowest BCUT2D eigenvalue weighted by molar-refractivity contribution is 0.0929. The van der Waals surface area contributed by atoms with E-state index in [1.54, 1.807) is 12.3 Å². The topological polar surface area (TPSA) is 54.6 Å². The van der Waals surface area contributed by atoms with Gasteiger partial charge in [-0.15, -0.1) is 0 Å². The number of aryl methyl sites for hydroxylation is 3. The number of furan rings is 1. The fraction of sp³-hybridized carbons (Fsp3) is 0.158. The van der Waals surface area contributed by atoms with E-state index in [1.807, 2.05) is 26.0 Å². The Hall–Kier alpha value is -1.92. The number of carbonyl (C=O) groups is 1. The minimum absolute atomic E-state index is 0.211. The Balaban J connectivity index is 1.80. The molecule has 128 valence electrons. The second-order valence-electron chi connectivity index (χ2n) is 5.93. The first-order valence-electron chi connectivity index (χ1n) is 7.65. The van der Waals surface area contributed by atoms with E-state index in [2.05, 4.69) is 61.4 Å². The molecule has 3 rings (SSSR count). The van der Waals surface area contributed by atoms with E-state index in [4.69, 9.17) is 4.42 Å². The van der Waals surface area contributed by atoms with Gasteiger partial charge >= 0.3 is 5.91 Å². The highest BCUT2D eigenvalue weighted by Gasteiger charge is 2.14. The third kappa shape index (κ3) is 3.85. The predicted molar refractivity (Wildman–Crippen MR) is 107 cm³/mol. The molecule has 3 aromatic rings. The van der Waals surface area contributed by atoms with Crippen molar-refractivity contribution in [2.45, 2.75) is 20.8 Å². The number of nitrogens with zero attached hydrogens (tertiary/aromatic N) is 1. The Morgan fingerprint density at radius 1 is 1.08 bits per heavy atom. The van der Waals surface area contributed by atoms with Gasteiger partial charge in [-0.3, -0.25) is 4.79 Å². The maximum atomic E-state index is 12.3. The Morgan fingerprint density at radius 2 is 1.76 bits per heavy atom. The molecule has 0 aliphatic carbocycles. The molecule has 6 heteroatoms. The highest BCUT2D eigenvalue weighted by Crippen LogP contribution is 2.30. The van der Waals surface area contributed by atoms with Gasteiger partial charge in [0.05, 0.1) is 10.7 Å². The molecule has 0 spiro atoms. The lowest BCUT2D eigenvalue weighted by Gasteiger charge is -2.06. The Kier molecular flexibility index (Phi) is 5.11. The van der Waals surface area contributed by atoms with Gasteiger partial charge < -0.3 is 4.42 Å². The Labute approximate surface area is 162 Å². The van der Waals surface area contributed by atoms with E-state index in [0.717, 1.165) is 31.0 Å². The van der Waals surface area contributed by atoms with Crippen LogP contribution in [0.25, 0.3) is 11.0 Å². The zero-order valence-electron chi connectivity index (χ0n) is 14.0. The van der Waals surface area contributed by atoms with Gasteiger partial charge in [-0.2, -0.15) is 5.10 Å².